The first-order valence-electron chi connectivity index (χ1n) is 8.98. The highest BCUT2D eigenvalue weighted by molar-refractivity contribution is 5.53. The van der Waals surface area contributed by atoms with E-state index in [0.717, 1.165) is 31.0 Å². The maximum atomic E-state index is 5.65. The van der Waals surface area contributed by atoms with Gasteiger partial charge in [-0.1, -0.05) is 71.7 Å². The molecular formula is C21H23N3O. The van der Waals surface area contributed by atoms with Crippen molar-refractivity contribution >= 4 is 0 Å². The molecule has 128 valence electrons. The summed E-state index contributed by atoms with van der Waals surface area (Å²) in [5.41, 5.74) is 3.64. The number of aryl methyl sites for hydroxylation is 1. The lowest BCUT2D eigenvalue weighted by atomic mass is 10.0. The molecule has 1 aliphatic rings. The zero-order valence-electron chi connectivity index (χ0n) is 14.6. The number of hydrogen-bond donors (Lipinski definition) is 0. The molecule has 2 heterocycles. The molecule has 0 amide bonds. The van der Waals surface area contributed by atoms with E-state index in [4.69, 9.17) is 9.51 Å². The first-order chi connectivity index (χ1) is 12.3. The summed E-state index contributed by atoms with van der Waals surface area (Å²) in [5, 5.41) is 4.20. The van der Waals surface area contributed by atoms with E-state index >= 15 is 0 Å². The molecule has 4 rings (SSSR count). The highest BCUT2D eigenvalue weighted by Crippen LogP contribution is 2.32. The second kappa shape index (κ2) is 7.19. The molecule has 1 aliphatic heterocycles. The molecular weight excluding hydrogens is 310 g/mol. The molecule has 0 spiro atoms. The van der Waals surface area contributed by atoms with Gasteiger partial charge in [-0.25, -0.2) is 0 Å². The van der Waals surface area contributed by atoms with Gasteiger partial charge in [0.1, 0.15) is 0 Å². The van der Waals surface area contributed by atoms with E-state index < -0.39 is 0 Å². The molecule has 0 saturated carbocycles. The average Bonchev–Trinajstić information content (AvgIpc) is 3.13. The zero-order chi connectivity index (χ0) is 17.1. The van der Waals surface area contributed by atoms with E-state index in [9.17, 15) is 0 Å². The van der Waals surface area contributed by atoms with Crippen molar-refractivity contribution < 1.29 is 4.52 Å². The molecule has 3 aromatic rings. The Morgan fingerprint density at radius 2 is 1.96 bits per heavy atom. The zero-order valence-corrected chi connectivity index (χ0v) is 14.6. The molecule has 0 bridgehead atoms. The average molecular weight is 333 g/mol. The first kappa shape index (κ1) is 16.0. The van der Waals surface area contributed by atoms with Crippen LogP contribution < -0.4 is 0 Å². The van der Waals surface area contributed by atoms with Crippen LogP contribution in [0.25, 0.3) is 11.4 Å². The molecule has 1 aromatic heterocycles. The second-order valence-electron chi connectivity index (χ2n) is 6.79. The van der Waals surface area contributed by atoms with Crippen molar-refractivity contribution in [1.29, 1.82) is 0 Å². The van der Waals surface area contributed by atoms with Gasteiger partial charge in [-0.3, -0.25) is 4.90 Å². The number of hydrogen-bond acceptors (Lipinski definition) is 4. The molecule has 1 saturated heterocycles. The highest BCUT2D eigenvalue weighted by Gasteiger charge is 2.29. The van der Waals surface area contributed by atoms with E-state index in [1.807, 2.05) is 30.3 Å². The third-order valence-corrected chi connectivity index (χ3v) is 4.84. The first-order valence-corrected chi connectivity index (χ1v) is 8.98. The van der Waals surface area contributed by atoms with Gasteiger partial charge in [-0.05, 0) is 31.9 Å². The van der Waals surface area contributed by atoms with Crippen molar-refractivity contribution in [3.05, 3.63) is 71.6 Å². The van der Waals surface area contributed by atoms with Crippen LogP contribution in [0, 0.1) is 6.92 Å². The lowest BCUT2D eigenvalue weighted by Gasteiger charge is -2.33. The van der Waals surface area contributed by atoms with Gasteiger partial charge in [-0.15, -0.1) is 0 Å². The minimum Gasteiger partial charge on any atom is -0.337 e. The summed E-state index contributed by atoms with van der Waals surface area (Å²) in [5.74, 6) is 1.42. The topological polar surface area (TPSA) is 42.2 Å². The number of benzene rings is 2. The normalized spacial score (nSPS) is 18.4. The Kier molecular flexibility index (Phi) is 4.61. The van der Waals surface area contributed by atoms with Crippen LogP contribution in [0.4, 0.5) is 0 Å². The summed E-state index contributed by atoms with van der Waals surface area (Å²) in [6, 6.07) is 18.9. The van der Waals surface area contributed by atoms with Crippen molar-refractivity contribution in [2.24, 2.45) is 0 Å². The van der Waals surface area contributed by atoms with E-state index in [1.54, 1.807) is 0 Å². The Morgan fingerprint density at radius 1 is 1.08 bits per heavy atom. The monoisotopic (exact) mass is 333 g/mol. The number of nitrogens with zero attached hydrogens (tertiary/aromatic N) is 3. The lowest BCUT2D eigenvalue weighted by molar-refractivity contribution is 0.111. The van der Waals surface area contributed by atoms with Crippen LogP contribution in [-0.2, 0) is 6.54 Å². The highest BCUT2D eigenvalue weighted by atomic mass is 16.5. The van der Waals surface area contributed by atoms with Gasteiger partial charge in [0.15, 0.2) is 0 Å². The quantitative estimate of drug-likeness (QED) is 0.689. The second-order valence-corrected chi connectivity index (χ2v) is 6.79. The predicted molar refractivity (Wildman–Crippen MR) is 97.9 cm³/mol. The van der Waals surface area contributed by atoms with E-state index in [0.29, 0.717) is 5.82 Å². The van der Waals surface area contributed by atoms with Crippen LogP contribution in [-0.4, -0.2) is 21.6 Å². The van der Waals surface area contributed by atoms with Crippen LogP contribution >= 0.6 is 0 Å². The summed E-state index contributed by atoms with van der Waals surface area (Å²) < 4.78 is 5.65. The Labute approximate surface area is 148 Å². The summed E-state index contributed by atoms with van der Waals surface area (Å²) in [7, 11) is 0. The van der Waals surface area contributed by atoms with Crippen LogP contribution in [0.1, 0.15) is 42.3 Å². The maximum Gasteiger partial charge on any atom is 0.244 e. The van der Waals surface area contributed by atoms with Crippen molar-refractivity contribution in [2.75, 3.05) is 6.54 Å². The van der Waals surface area contributed by atoms with Gasteiger partial charge in [0.25, 0.3) is 0 Å². The van der Waals surface area contributed by atoms with Gasteiger partial charge in [0.05, 0.1) is 6.04 Å². The predicted octanol–water partition coefficient (Wildman–Crippen LogP) is 4.77. The largest absolute Gasteiger partial charge is 0.337 e. The van der Waals surface area contributed by atoms with Crippen molar-refractivity contribution in [2.45, 2.75) is 38.8 Å². The van der Waals surface area contributed by atoms with Gasteiger partial charge < -0.3 is 4.52 Å². The Morgan fingerprint density at radius 3 is 2.80 bits per heavy atom. The molecule has 2 aromatic carbocycles. The SMILES string of the molecule is Cc1cccc(CN2CCCCC2c2nc(-c3ccccc3)no2)c1. The Bertz CT molecular complexity index is 828. The molecule has 1 atom stereocenters. The Hall–Kier alpha value is -2.46. The minimum absolute atomic E-state index is 0.208. The van der Waals surface area contributed by atoms with E-state index in [-0.39, 0.29) is 6.04 Å². The fourth-order valence-corrected chi connectivity index (χ4v) is 3.58. The molecule has 0 radical (unpaired) electrons. The number of aromatic nitrogens is 2. The number of likely N-dealkylation sites (tertiary alicyclic amines) is 1. The van der Waals surface area contributed by atoms with Crippen LogP contribution in [0.3, 0.4) is 0 Å². The fraction of sp³-hybridized carbons (Fsp3) is 0.333. The smallest absolute Gasteiger partial charge is 0.244 e. The summed E-state index contributed by atoms with van der Waals surface area (Å²) >= 11 is 0. The summed E-state index contributed by atoms with van der Waals surface area (Å²) in [6.45, 7) is 4.14. The molecule has 4 nitrogen and oxygen atoms in total. The van der Waals surface area contributed by atoms with E-state index in [1.165, 1.54) is 24.0 Å². The fourth-order valence-electron chi connectivity index (χ4n) is 3.58. The number of rotatable bonds is 4. The lowest BCUT2D eigenvalue weighted by Crippen LogP contribution is -2.33. The third kappa shape index (κ3) is 3.64. The van der Waals surface area contributed by atoms with Crippen molar-refractivity contribution in [3.63, 3.8) is 0 Å². The molecule has 1 fully saturated rings. The maximum absolute atomic E-state index is 5.65. The minimum atomic E-state index is 0.208. The third-order valence-electron chi connectivity index (χ3n) is 4.84. The van der Waals surface area contributed by atoms with E-state index in [2.05, 4.69) is 41.2 Å². The summed E-state index contributed by atoms with van der Waals surface area (Å²) in [6.07, 6.45) is 3.50. The van der Waals surface area contributed by atoms with Crippen molar-refractivity contribution in [3.8, 4) is 11.4 Å². The van der Waals surface area contributed by atoms with Gasteiger partial charge >= 0.3 is 0 Å². The molecule has 1 unspecified atom stereocenters. The number of piperidine rings is 1. The van der Waals surface area contributed by atoms with Crippen LogP contribution in [0.2, 0.25) is 0 Å². The van der Waals surface area contributed by atoms with Gasteiger partial charge in [0.2, 0.25) is 11.7 Å². The molecule has 25 heavy (non-hydrogen) atoms. The van der Waals surface area contributed by atoms with Crippen molar-refractivity contribution in [1.82, 2.24) is 15.0 Å². The van der Waals surface area contributed by atoms with Crippen LogP contribution in [0.5, 0.6) is 0 Å². The van der Waals surface area contributed by atoms with Gasteiger partial charge in [-0.2, -0.15) is 4.98 Å². The van der Waals surface area contributed by atoms with Crippen LogP contribution in [0.15, 0.2) is 59.1 Å². The molecule has 4 heteroatoms. The Balaban J connectivity index is 1.56. The molecule has 0 N–H and O–H groups in total. The summed E-state index contributed by atoms with van der Waals surface area (Å²) in [4.78, 5) is 7.17. The molecule has 0 aliphatic carbocycles. The standard InChI is InChI=1S/C21H23N3O/c1-16-8-7-9-17(14-16)15-24-13-6-5-12-19(24)21-22-20(23-25-21)18-10-3-2-4-11-18/h2-4,7-11,14,19H,5-6,12-13,15H2,1H3. The van der Waals surface area contributed by atoms with Gasteiger partial charge in [0, 0.05) is 12.1 Å².